The van der Waals surface area contributed by atoms with Gasteiger partial charge in [-0.3, -0.25) is 4.79 Å². The highest BCUT2D eigenvalue weighted by Crippen LogP contribution is 2.26. The van der Waals surface area contributed by atoms with E-state index in [-0.39, 0.29) is 12.5 Å². The van der Waals surface area contributed by atoms with E-state index in [1.165, 1.54) is 22.3 Å². The molecule has 8 nitrogen and oxygen atoms in total. The molecule has 0 aliphatic carbocycles. The fourth-order valence-electron chi connectivity index (χ4n) is 1.96. The molecule has 0 aliphatic rings. The first kappa shape index (κ1) is 16.1. The summed E-state index contributed by atoms with van der Waals surface area (Å²) >= 11 is 1.37. The average Bonchev–Trinajstić information content (AvgIpc) is 3.25. The first-order valence-corrected chi connectivity index (χ1v) is 8.32. The van der Waals surface area contributed by atoms with Crippen molar-refractivity contribution in [2.75, 3.05) is 11.9 Å². The summed E-state index contributed by atoms with van der Waals surface area (Å²) < 4.78 is 6.91. The van der Waals surface area contributed by atoms with Gasteiger partial charge in [-0.2, -0.15) is 0 Å². The van der Waals surface area contributed by atoms with E-state index < -0.39 is 0 Å². The summed E-state index contributed by atoms with van der Waals surface area (Å²) in [6.45, 7) is 2.82. The van der Waals surface area contributed by atoms with E-state index in [1.807, 2.05) is 29.6 Å². The zero-order valence-electron chi connectivity index (χ0n) is 13.0. The lowest BCUT2D eigenvalue weighted by Gasteiger charge is -2.04. The molecular formula is C15H16N6O2S. The second kappa shape index (κ2) is 7.64. The van der Waals surface area contributed by atoms with Gasteiger partial charge in [0.05, 0.1) is 12.3 Å². The number of anilines is 1. The lowest BCUT2D eigenvalue weighted by molar-refractivity contribution is -0.116. The highest BCUT2D eigenvalue weighted by Gasteiger charge is 2.09. The molecule has 0 atom stereocenters. The standard InChI is InChI=1S/C15H16N6O2S/c1-2-7-23-12-5-3-11(4-6-12)13-9-24-15(17-13)18-14(22)8-21-10-16-19-20-21/h3-6,9-10H,2,7-8H2,1H3,(H,17,18,22). The molecule has 0 saturated heterocycles. The Morgan fingerprint density at radius 2 is 2.17 bits per heavy atom. The average molecular weight is 344 g/mol. The predicted octanol–water partition coefficient (Wildman–Crippen LogP) is 2.22. The third-order valence-electron chi connectivity index (χ3n) is 3.07. The minimum Gasteiger partial charge on any atom is -0.494 e. The van der Waals surface area contributed by atoms with E-state index in [0.29, 0.717) is 11.7 Å². The molecule has 0 bridgehead atoms. The first-order chi connectivity index (χ1) is 11.7. The Balaban J connectivity index is 1.61. The first-order valence-electron chi connectivity index (χ1n) is 7.44. The Labute approximate surface area is 142 Å². The highest BCUT2D eigenvalue weighted by molar-refractivity contribution is 7.14. The number of ether oxygens (including phenoxy) is 1. The van der Waals surface area contributed by atoms with Crippen LogP contribution in [0.15, 0.2) is 36.0 Å². The van der Waals surface area contributed by atoms with Crippen LogP contribution in [-0.2, 0) is 11.3 Å². The summed E-state index contributed by atoms with van der Waals surface area (Å²) in [5, 5.41) is 15.8. The number of thiazole rings is 1. The van der Waals surface area contributed by atoms with Crippen molar-refractivity contribution in [1.29, 1.82) is 0 Å². The van der Waals surface area contributed by atoms with Crippen molar-refractivity contribution in [3.8, 4) is 17.0 Å². The van der Waals surface area contributed by atoms with Gasteiger partial charge in [0.1, 0.15) is 18.6 Å². The van der Waals surface area contributed by atoms with Crippen molar-refractivity contribution in [3.63, 3.8) is 0 Å². The van der Waals surface area contributed by atoms with Crippen LogP contribution in [0.1, 0.15) is 13.3 Å². The summed E-state index contributed by atoms with van der Waals surface area (Å²) in [5.41, 5.74) is 1.77. The maximum atomic E-state index is 11.9. The van der Waals surface area contributed by atoms with Crippen molar-refractivity contribution in [2.24, 2.45) is 0 Å². The van der Waals surface area contributed by atoms with Crippen LogP contribution in [0.4, 0.5) is 5.13 Å². The fourth-order valence-corrected chi connectivity index (χ4v) is 2.70. The number of rotatable bonds is 7. The largest absolute Gasteiger partial charge is 0.494 e. The number of hydrogen-bond acceptors (Lipinski definition) is 7. The Kier molecular flexibility index (Phi) is 5.12. The topological polar surface area (TPSA) is 94.8 Å². The number of amides is 1. The predicted molar refractivity (Wildman–Crippen MR) is 89.8 cm³/mol. The molecule has 3 aromatic rings. The second-order valence-electron chi connectivity index (χ2n) is 4.97. The molecule has 24 heavy (non-hydrogen) atoms. The van der Waals surface area contributed by atoms with Crippen LogP contribution in [0.3, 0.4) is 0 Å². The summed E-state index contributed by atoms with van der Waals surface area (Å²) in [6, 6.07) is 7.74. The molecule has 2 aromatic heterocycles. The van der Waals surface area contributed by atoms with Gasteiger partial charge in [0.15, 0.2) is 5.13 Å². The van der Waals surface area contributed by atoms with Gasteiger partial charge in [-0.15, -0.1) is 16.4 Å². The molecule has 0 fully saturated rings. The van der Waals surface area contributed by atoms with E-state index in [0.717, 1.165) is 23.4 Å². The van der Waals surface area contributed by atoms with Crippen LogP contribution in [0, 0.1) is 0 Å². The number of nitrogens with zero attached hydrogens (tertiary/aromatic N) is 5. The van der Waals surface area contributed by atoms with Gasteiger partial charge in [0, 0.05) is 10.9 Å². The number of hydrogen-bond donors (Lipinski definition) is 1. The molecule has 0 aliphatic heterocycles. The van der Waals surface area contributed by atoms with Gasteiger partial charge < -0.3 is 10.1 Å². The van der Waals surface area contributed by atoms with Crippen molar-refractivity contribution in [3.05, 3.63) is 36.0 Å². The van der Waals surface area contributed by atoms with Crippen molar-refractivity contribution >= 4 is 22.4 Å². The molecule has 124 valence electrons. The monoisotopic (exact) mass is 344 g/mol. The van der Waals surface area contributed by atoms with E-state index >= 15 is 0 Å². The van der Waals surface area contributed by atoms with Crippen LogP contribution < -0.4 is 10.1 Å². The SMILES string of the molecule is CCCOc1ccc(-c2csc(NC(=O)Cn3cnnn3)n2)cc1. The van der Waals surface area contributed by atoms with E-state index in [9.17, 15) is 4.79 Å². The summed E-state index contributed by atoms with van der Waals surface area (Å²) in [7, 11) is 0. The zero-order valence-corrected chi connectivity index (χ0v) is 13.9. The summed E-state index contributed by atoms with van der Waals surface area (Å²) in [5.74, 6) is 0.609. The molecule has 9 heteroatoms. The molecule has 0 radical (unpaired) electrons. The van der Waals surface area contributed by atoms with Crippen molar-refractivity contribution in [2.45, 2.75) is 19.9 Å². The van der Waals surface area contributed by atoms with Crippen LogP contribution >= 0.6 is 11.3 Å². The van der Waals surface area contributed by atoms with E-state index in [1.54, 1.807) is 0 Å². The van der Waals surface area contributed by atoms with Gasteiger partial charge in [0.2, 0.25) is 5.91 Å². The molecular weight excluding hydrogens is 328 g/mol. The minimum atomic E-state index is -0.230. The number of tetrazole rings is 1. The molecule has 3 rings (SSSR count). The molecule has 2 heterocycles. The molecule has 1 N–H and O–H groups in total. The van der Waals surface area contributed by atoms with Crippen LogP contribution in [-0.4, -0.2) is 37.7 Å². The fraction of sp³-hybridized carbons (Fsp3) is 0.267. The maximum absolute atomic E-state index is 11.9. The maximum Gasteiger partial charge on any atom is 0.248 e. The summed E-state index contributed by atoms with van der Waals surface area (Å²) in [6.07, 6.45) is 2.36. The van der Waals surface area contributed by atoms with Gasteiger partial charge in [-0.05, 0) is 41.1 Å². The second-order valence-corrected chi connectivity index (χ2v) is 5.82. The molecule has 0 unspecified atom stereocenters. The number of aromatic nitrogens is 5. The van der Waals surface area contributed by atoms with Crippen LogP contribution in [0.25, 0.3) is 11.3 Å². The zero-order chi connectivity index (χ0) is 16.8. The number of carbonyl (C=O) groups is 1. The highest BCUT2D eigenvalue weighted by atomic mass is 32.1. The molecule has 0 spiro atoms. The van der Waals surface area contributed by atoms with Gasteiger partial charge >= 0.3 is 0 Å². The quantitative estimate of drug-likeness (QED) is 0.706. The number of benzene rings is 1. The minimum absolute atomic E-state index is 0.0470. The summed E-state index contributed by atoms with van der Waals surface area (Å²) in [4.78, 5) is 16.3. The Morgan fingerprint density at radius 3 is 2.88 bits per heavy atom. The number of nitrogens with one attached hydrogen (secondary N) is 1. The Bertz CT molecular complexity index is 785. The van der Waals surface area contributed by atoms with Crippen molar-refractivity contribution < 1.29 is 9.53 Å². The third kappa shape index (κ3) is 4.13. The Hall–Kier alpha value is -2.81. The third-order valence-corrected chi connectivity index (χ3v) is 3.83. The lowest BCUT2D eigenvalue weighted by Crippen LogP contribution is -2.19. The Morgan fingerprint density at radius 1 is 1.33 bits per heavy atom. The van der Waals surface area contributed by atoms with E-state index in [2.05, 4.69) is 32.7 Å². The normalized spacial score (nSPS) is 10.5. The smallest absolute Gasteiger partial charge is 0.248 e. The van der Waals surface area contributed by atoms with E-state index in [4.69, 9.17) is 4.74 Å². The van der Waals surface area contributed by atoms with Gasteiger partial charge in [-0.1, -0.05) is 6.92 Å². The molecule has 0 saturated carbocycles. The van der Waals surface area contributed by atoms with Crippen LogP contribution in [0.5, 0.6) is 5.75 Å². The number of carbonyl (C=O) groups excluding carboxylic acids is 1. The molecule has 1 aromatic carbocycles. The van der Waals surface area contributed by atoms with Crippen LogP contribution in [0.2, 0.25) is 0 Å². The van der Waals surface area contributed by atoms with Gasteiger partial charge in [0.25, 0.3) is 0 Å². The van der Waals surface area contributed by atoms with Crippen molar-refractivity contribution in [1.82, 2.24) is 25.2 Å². The lowest BCUT2D eigenvalue weighted by atomic mass is 10.2. The van der Waals surface area contributed by atoms with Gasteiger partial charge in [-0.25, -0.2) is 9.67 Å². The molecule has 1 amide bonds.